The fourth-order valence-corrected chi connectivity index (χ4v) is 1.63. The molecule has 78 valence electrons. The van der Waals surface area contributed by atoms with Crippen LogP contribution < -0.4 is 11.1 Å². The molecule has 5 heteroatoms. The van der Waals surface area contributed by atoms with E-state index in [0.717, 1.165) is 11.5 Å². The van der Waals surface area contributed by atoms with Crippen molar-refractivity contribution in [3.05, 3.63) is 0 Å². The minimum Gasteiger partial charge on any atom is -0.409 e. The van der Waals surface area contributed by atoms with Crippen molar-refractivity contribution in [1.29, 1.82) is 0 Å². The molecular weight excluding hydrogens is 186 g/mol. The Hall–Kier alpha value is -0.420. The molecule has 0 bridgehead atoms. The molecule has 0 heterocycles. The molecule has 0 saturated carbocycles. The molecule has 2 unspecified atom stereocenters. The molecule has 0 aromatic heterocycles. The Morgan fingerprint density at radius 1 is 1.62 bits per heavy atom. The molecule has 0 spiro atoms. The highest BCUT2D eigenvalue weighted by molar-refractivity contribution is 7.99. The molecule has 0 fully saturated rings. The standard InChI is InChI=1S/C8H19N3OS/c1-4-13-5-6(2)10-7(3)8(9)11-12/h6-7,10,12H,4-5H2,1-3H3,(H2,9,11). The number of rotatable bonds is 6. The van der Waals surface area contributed by atoms with Gasteiger partial charge in [0.25, 0.3) is 0 Å². The average molecular weight is 205 g/mol. The van der Waals surface area contributed by atoms with E-state index < -0.39 is 0 Å². The Bertz CT molecular complexity index is 163. The van der Waals surface area contributed by atoms with Crippen molar-refractivity contribution >= 4 is 17.6 Å². The first kappa shape index (κ1) is 12.6. The van der Waals surface area contributed by atoms with E-state index in [2.05, 4.69) is 24.3 Å². The molecule has 2 atom stereocenters. The topological polar surface area (TPSA) is 70.6 Å². The van der Waals surface area contributed by atoms with Crippen LogP contribution in [-0.2, 0) is 0 Å². The average Bonchev–Trinajstić information content (AvgIpc) is 2.13. The van der Waals surface area contributed by atoms with Gasteiger partial charge in [0, 0.05) is 11.8 Å². The van der Waals surface area contributed by atoms with E-state index in [1.807, 2.05) is 18.7 Å². The Kier molecular flexibility index (Phi) is 6.80. The number of oxime groups is 1. The van der Waals surface area contributed by atoms with Gasteiger partial charge < -0.3 is 16.3 Å². The largest absolute Gasteiger partial charge is 0.409 e. The Morgan fingerprint density at radius 3 is 2.69 bits per heavy atom. The molecule has 0 aromatic carbocycles. The summed E-state index contributed by atoms with van der Waals surface area (Å²) in [4.78, 5) is 0. The minimum absolute atomic E-state index is 0.0718. The summed E-state index contributed by atoms with van der Waals surface area (Å²) >= 11 is 1.87. The van der Waals surface area contributed by atoms with Gasteiger partial charge in [-0.05, 0) is 19.6 Å². The Morgan fingerprint density at radius 2 is 2.23 bits per heavy atom. The minimum atomic E-state index is -0.0718. The number of amidine groups is 1. The molecule has 0 aliphatic rings. The molecule has 4 nitrogen and oxygen atoms in total. The van der Waals surface area contributed by atoms with Gasteiger partial charge in [0.1, 0.15) is 0 Å². The van der Waals surface area contributed by atoms with E-state index in [1.54, 1.807) is 0 Å². The van der Waals surface area contributed by atoms with Gasteiger partial charge in [-0.15, -0.1) is 0 Å². The van der Waals surface area contributed by atoms with E-state index >= 15 is 0 Å². The maximum absolute atomic E-state index is 8.41. The van der Waals surface area contributed by atoms with Crippen LogP contribution in [0.5, 0.6) is 0 Å². The van der Waals surface area contributed by atoms with Crippen molar-refractivity contribution in [3.63, 3.8) is 0 Å². The predicted octanol–water partition coefficient (Wildman–Crippen LogP) is 0.853. The first-order valence-electron chi connectivity index (χ1n) is 4.43. The highest BCUT2D eigenvalue weighted by atomic mass is 32.2. The van der Waals surface area contributed by atoms with Crippen LogP contribution in [0.1, 0.15) is 20.8 Å². The molecule has 0 saturated heterocycles. The van der Waals surface area contributed by atoms with Crippen molar-refractivity contribution < 1.29 is 5.21 Å². The third-order valence-electron chi connectivity index (χ3n) is 1.67. The van der Waals surface area contributed by atoms with Crippen LogP contribution in [0.15, 0.2) is 5.16 Å². The SMILES string of the molecule is CCSCC(C)NC(C)C(N)=NO. The number of hydrogen-bond acceptors (Lipinski definition) is 4. The second-order valence-electron chi connectivity index (χ2n) is 2.97. The molecule has 4 N–H and O–H groups in total. The summed E-state index contributed by atoms with van der Waals surface area (Å²) in [6.45, 7) is 6.09. The summed E-state index contributed by atoms with van der Waals surface area (Å²) in [6, 6.07) is 0.303. The maximum Gasteiger partial charge on any atom is 0.156 e. The van der Waals surface area contributed by atoms with Crippen LogP contribution in [0.3, 0.4) is 0 Å². The first-order valence-corrected chi connectivity index (χ1v) is 5.58. The van der Waals surface area contributed by atoms with Crippen LogP contribution in [0, 0.1) is 0 Å². The van der Waals surface area contributed by atoms with Crippen LogP contribution >= 0.6 is 11.8 Å². The third kappa shape index (κ3) is 5.76. The zero-order chi connectivity index (χ0) is 10.3. The zero-order valence-corrected chi connectivity index (χ0v) is 9.27. The highest BCUT2D eigenvalue weighted by Gasteiger charge is 2.10. The van der Waals surface area contributed by atoms with Gasteiger partial charge in [-0.3, -0.25) is 0 Å². The van der Waals surface area contributed by atoms with E-state index in [9.17, 15) is 0 Å². The lowest BCUT2D eigenvalue weighted by molar-refractivity contribution is 0.314. The van der Waals surface area contributed by atoms with Crippen LogP contribution in [0.25, 0.3) is 0 Å². The zero-order valence-electron chi connectivity index (χ0n) is 8.45. The number of nitrogens with one attached hydrogen (secondary N) is 1. The summed E-state index contributed by atoms with van der Waals surface area (Å²) < 4.78 is 0. The summed E-state index contributed by atoms with van der Waals surface area (Å²) in [5.41, 5.74) is 5.42. The van der Waals surface area contributed by atoms with Gasteiger partial charge in [-0.2, -0.15) is 11.8 Å². The summed E-state index contributed by atoms with van der Waals surface area (Å²) in [5, 5.41) is 14.6. The van der Waals surface area contributed by atoms with Gasteiger partial charge >= 0.3 is 0 Å². The number of nitrogens with zero attached hydrogens (tertiary/aromatic N) is 1. The predicted molar refractivity (Wildman–Crippen MR) is 58.5 cm³/mol. The molecule has 0 amide bonds. The number of hydrogen-bond donors (Lipinski definition) is 3. The normalized spacial score (nSPS) is 17.0. The van der Waals surface area contributed by atoms with E-state index in [0.29, 0.717) is 6.04 Å². The molecule has 0 aromatic rings. The quantitative estimate of drug-likeness (QED) is 0.260. The smallest absolute Gasteiger partial charge is 0.156 e. The number of nitrogens with two attached hydrogens (primary N) is 1. The van der Waals surface area contributed by atoms with Crippen LogP contribution in [-0.4, -0.2) is 34.6 Å². The second kappa shape index (κ2) is 7.03. The summed E-state index contributed by atoms with van der Waals surface area (Å²) in [6.07, 6.45) is 0. The molecule has 0 rings (SSSR count). The van der Waals surface area contributed by atoms with Crippen molar-refractivity contribution in [2.24, 2.45) is 10.9 Å². The van der Waals surface area contributed by atoms with Gasteiger partial charge in [0.15, 0.2) is 5.84 Å². The van der Waals surface area contributed by atoms with Crippen molar-refractivity contribution in [1.82, 2.24) is 5.32 Å². The number of thioether (sulfide) groups is 1. The summed E-state index contributed by atoms with van der Waals surface area (Å²) in [7, 11) is 0. The molecule has 13 heavy (non-hydrogen) atoms. The fraction of sp³-hybridized carbons (Fsp3) is 0.875. The van der Waals surface area contributed by atoms with E-state index in [4.69, 9.17) is 10.9 Å². The highest BCUT2D eigenvalue weighted by Crippen LogP contribution is 2.01. The van der Waals surface area contributed by atoms with Crippen LogP contribution in [0.2, 0.25) is 0 Å². The lowest BCUT2D eigenvalue weighted by atomic mass is 10.2. The molecule has 0 aliphatic heterocycles. The monoisotopic (exact) mass is 205 g/mol. The molecule has 0 aliphatic carbocycles. The lowest BCUT2D eigenvalue weighted by Crippen LogP contribution is -2.44. The van der Waals surface area contributed by atoms with E-state index in [-0.39, 0.29) is 11.9 Å². The van der Waals surface area contributed by atoms with Gasteiger partial charge in [-0.1, -0.05) is 12.1 Å². The third-order valence-corrected chi connectivity index (χ3v) is 2.81. The maximum atomic E-state index is 8.41. The van der Waals surface area contributed by atoms with Crippen molar-refractivity contribution in [2.75, 3.05) is 11.5 Å². The van der Waals surface area contributed by atoms with Crippen LogP contribution in [0.4, 0.5) is 0 Å². The van der Waals surface area contributed by atoms with Crippen molar-refractivity contribution in [3.8, 4) is 0 Å². The summed E-state index contributed by atoms with van der Waals surface area (Å²) in [5.74, 6) is 2.39. The lowest BCUT2D eigenvalue weighted by Gasteiger charge is -2.18. The Labute approximate surface area is 84.0 Å². The van der Waals surface area contributed by atoms with Gasteiger partial charge in [0.2, 0.25) is 0 Å². The second-order valence-corrected chi connectivity index (χ2v) is 4.29. The first-order chi connectivity index (χ1) is 6.11. The van der Waals surface area contributed by atoms with Gasteiger partial charge in [0.05, 0.1) is 6.04 Å². The van der Waals surface area contributed by atoms with Crippen molar-refractivity contribution in [2.45, 2.75) is 32.9 Å². The Balaban J connectivity index is 3.71. The molecular formula is C8H19N3OS. The van der Waals surface area contributed by atoms with E-state index in [1.165, 1.54) is 0 Å². The van der Waals surface area contributed by atoms with Gasteiger partial charge in [-0.25, -0.2) is 0 Å². The molecule has 0 radical (unpaired) electrons. The fourth-order valence-electron chi connectivity index (χ4n) is 0.941.